The zero-order valence-electron chi connectivity index (χ0n) is 17.5. The van der Waals surface area contributed by atoms with Gasteiger partial charge in [0.25, 0.3) is 5.91 Å². The Kier molecular flexibility index (Phi) is 5.94. The molecule has 3 heterocycles. The summed E-state index contributed by atoms with van der Waals surface area (Å²) in [4.78, 5) is 21.8. The number of amides is 1. The predicted molar refractivity (Wildman–Crippen MR) is 114 cm³/mol. The van der Waals surface area contributed by atoms with Gasteiger partial charge >= 0.3 is 0 Å². The Morgan fingerprint density at radius 1 is 1.10 bits per heavy atom. The van der Waals surface area contributed by atoms with Crippen LogP contribution >= 0.6 is 0 Å². The molecule has 0 atom stereocenters. The van der Waals surface area contributed by atoms with Crippen LogP contribution < -0.4 is 10.2 Å². The maximum absolute atomic E-state index is 14.2. The fraction of sp³-hybridized carbons (Fsp3) is 0.318. The van der Waals surface area contributed by atoms with Crippen molar-refractivity contribution in [2.45, 2.75) is 6.54 Å². The molecule has 0 bridgehead atoms. The molecule has 1 aliphatic rings. The maximum atomic E-state index is 14.2. The van der Waals surface area contributed by atoms with E-state index in [2.05, 4.69) is 32.2 Å². The quantitative estimate of drug-likeness (QED) is 0.679. The van der Waals surface area contributed by atoms with E-state index in [4.69, 9.17) is 0 Å². The van der Waals surface area contributed by atoms with Gasteiger partial charge in [0.15, 0.2) is 0 Å². The Morgan fingerprint density at radius 3 is 2.61 bits per heavy atom. The normalized spacial score (nSPS) is 14.6. The lowest BCUT2D eigenvalue weighted by atomic mass is 10.1. The topological polar surface area (TPSA) is 66.3 Å². The van der Waals surface area contributed by atoms with Crippen molar-refractivity contribution in [2.24, 2.45) is 7.05 Å². The van der Waals surface area contributed by atoms with Crippen LogP contribution in [0.15, 0.2) is 42.7 Å². The summed E-state index contributed by atoms with van der Waals surface area (Å²) in [6.45, 7) is 4.06. The van der Waals surface area contributed by atoms with Crippen molar-refractivity contribution in [2.75, 3.05) is 38.1 Å². The second-order valence-electron chi connectivity index (χ2n) is 7.68. The average molecular weight is 426 g/mol. The smallest absolute Gasteiger partial charge is 0.255 e. The number of nitrogens with one attached hydrogen (secondary N) is 1. The van der Waals surface area contributed by atoms with Crippen LogP contribution in [0, 0.1) is 11.6 Å². The summed E-state index contributed by atoms with van der Waals surface area (Å²) < 4.78 is 29.0. The van der Waals surface area contributed by atoms with E-state index in [9.17, 15) is 13.6 Å². The van der Waals surface area contributed by atoms with E-state index in [0.717, 1.165) is 49.7 Å². The van der Waals surface area contributed by atoms with Crippen LogP contribution in [0.2, 0.25) is 0 Å². The van der Waals surface area contributed by atoms with Gasteiger partial charge < -0.3 is 15.1 Å². The molecule has 7 nitrogen and oxygen atoms in total. The van der Waals surface area contributed by atoms with E-state index < -0.39 is 11.6 Å². The molecule has 1 amide bonds. The van der Waals surface area contributed by atoms with E-state index >= 15 is 0 Å². The Bertz CT molecular complexity index is 1090. The Balaban J connectivity index is 1.48. The van der Waals surface area contributed by atoms with Crippen molar-refractivity contribution in [3.05, 3.63) is 65.5 Å². The van der Waals surface area contributed by atoms with Crippen LogP contribution in [0.5, 0.6) is 0 Å². The van der Waals surface area contributed by atoms with Crippen LogP contribution in [-0.4, -0.2) is 58.8 Å². The van der Waals surface area contributed by atoms with Crippen LogP contribution in [0.25, 0.3) is 11.3 Å². The molecule has 1 aliphatic heterocycles. The highest BCUT2D eigenvalue weighted by Crippen LogP contribution is 2.25. The molecule has 1 fully saturated rings. The highest BCUT2D eigenvalue weighted by molar-refractivity contribution is 5.99. The van der Waals surface area contributed by atoms with Crippen LogP contribution in [-0.2, 0) is 13.6 Å². The molecule has 0 saturated carbocycles. The first-order valence-electron chi connectivity index (χ1n) is 10.1. The number of rotatable bonds is 5. The zero-order valence-corrected chi connectivity index (χ0v) is 17.5. The molecular weight excluding hydrogens is 402 g/mol. The molecular formula is C22H24F2N6O. The van der Waals surface area contributed by atoms with Gasteiger partial charge in [-0.15, -0.1) is 0 Å². The van der Waals surface area contributed by atoms with Crippen molar-refractivity contribution in [1.82, 2.24) is 25.0 Å². The Hall–Kier alpha value is -3.33. The number of pyridine rings is 1. The minimum Gasteiger partial charge on any atom is -0.354 e. The number of carbonyl (C=O) groups excluding carboxylic acids is 1. The zero-order chi connectivity index (χ0) is 22.0. The fourth-order valence-electron chi connectivity index (χ4n) is 3.59. The lowest BCUT2D eigenvalue weighted by molar-refractivity contribution is 0.0951. The highest BCUT2D eigenvalue weighted by atomic mass is 19.1. The Morgan fingerprint density at radius 2 is 1.87 bits per heavy atom. The second kappa shape index (κ2) is 8.81. The number of halogens is 2. The second-order valence-corrected chi connectivity index (χ2v) is 7.68. The number of aromatic nitrogens is 3. The molecule has 9 heteroatoms. The molecule has 1 N–H and O–H groups in total. The van der Waals surface area contributed by atoms with E-state index in [1.807, 2.05) is 12.1 Å². The number of anilines is 1. The van der Waals surface area contributed by atoms with Gasteiger partial charge in [0.1, 0.15) is 23.1 Å². The summed E-state index contributed by atoms with van der Waals surface area (Å²) in [6.07, 6.45) is 3.26. The summed E-state index contributed by atoms with van der Waals surface area (Å²) in [5.74, 6) is -0.948. The van der Waals surface area contributed by atoms with Gasteiger partial charge in [-0.05, 0) is 36.9 Å². The van der Waals surface area contributed by atoms with Crippen LogP contribution in [0.4, 0.5) is 14.6 Å². The predicted octanol–water partition coefficient (Wildman–Crippen LogP) is 2.44. The number of benzene rings is 1. The molecule has 162 valence electrons. The summed E-state index contributed by atoms with van der Waals surface area (Å²) in [5, 5.41) is 7.07. The lowest BCUT2D eigenvalue weighted by Crippen LogP contribution is -2.44. The Labute approximate surface area is 179 Å². The molecule has 0 spiro atoms. The van der Waals surface area contributed by atoms with E-state index in [0.29, 0.717) is 6.54 Å². The maximum Gasteiger partial charge on any atom is 0.255 e. The number of likely N-dealkylation sites (N-methyl/N-ethyl adjacent to an activating group) is 1. The number of nitrogens with zero attached hydrogens (tertiary/aromatic N) is 5. The molecule has 0 radical (unpaired) electrons. The van der Waals surface area contributed by atoms with E-state index in [-0.39, 0.29) is 22.7 Å². The molecule has 4 rings (SSSR count). The third-order valence-corrected chi connectivity index (χ3v) is 5.35. The number of aryl methyl sites for hydroxylation is 1. The van der Waals surface area contributed by atoms with Gasteiger partial charge in [-0.2, -0.15) is 5.10 Å². The number of carbonyl (C=O) groups is 1. The van der Waals surface area contributed by atoms with Gasteiger partial charge in [0.2, 0.25) is 0 Å². The third-order valence-electron chi connectivity index (χ3n) is 5.35. The lowest BCUT2D eigenvalue weighted by Gasteiger charge is -2.33. The van der Waals surface area contributed by atoms with Crippen LogP contribution in [0.3, 0.4) is 0 Å². The van der Waals surface area contributed by atoms with Crippen molar-refractivity contribution in [3.8, 4) is 11.3 Å². The van der Waals surface area contributed by atoms with E-state index in [1.165, 1.54) is 16.9 Å². The van der Waals surface area contributed by atoms with Crippen LogP contribution in [0.1, 0.15) is 15.9 Å². The standard InChI is InChI=1S/C22H24F2N6O/c1-28-7-9-30(10-8-28)20-11-15(5-6-25-20)13-26-22(31)18-14-29(2)27-21(18)17-4-3-16(23)12-19(17)24/h3-6,11-12,14H,7-10,13H2,1-2H3,(H,26,31). The van der Waals surface area contributed by atoms with E-state index in [1.54, 1.807) is 13.2 Å². The molecule has 31 heavy (non-hydrogen) atoms. The molecule has 1 aromatic carbocycles. The van der Waals surface area contributed by atoms with Crippen molar-refractivity contribution >= 4 is 11.7 Å². The summed E-state index contributed by atoms with van der Waals surface area (Å²) in [6, 6.07) is 7.03. The summed E-state index contributed by atoms with van der Waals surface area (Å²) in [5.41, 5.74) is 1.39. The SMILES string of the molecule is CN1CCN(c2cc(CNC(=O)c3cn(C)nc3-c3ccc(F)cc3F)ccn2)CC1. The van der Waals surface area contributed by atoms with Gasteiger partial charge in [-0.1, -0.05) is 0 Å². The average Bonchev–Trinajstić information content (AvgIpc) is 3.14. The molecule has 1 saturated heterocycles. The monoisotopic (exact) mass is 426 g/mol. The summed E-state index contributed by atoms with van der Waals surface area (Å²) >= 11 is 0. The largest absolute Gasteiger partial charge is 0.354 e. The molecule has 3 aromatic rings. The van der Waals surface area contributed by atoms with Crippen molar-refractivity contribution in [3.63, 3.8) is 0 Å². The van der Waals surface area contributed by atoms with Crippen molar-refractivity contribution in [1.29, 1.82) is 0 Å². The first-order chi connectivity index (χ1) is 14.9. The van der Waals surface area contributed by atoms with Gasteiger partial charge in [0, 0.05) is 63.8 Å². The van der Waals surface area contributed by atoms with Gasteiger partial charge in [0.05, 0.1) is 5.56 Å². The molecule has 0 aliphatic carbocycles. The number of hydrogen-bond acceptors (Lipinski definition) is 5. The molecule has 0 unspecified atom stereocenters. The number of hydrogen-bond donors (Lipinski definition) is 1. The first-order valence-corrected chi connectivity index (χ1v) is 10.1. The molecule has 2 aromatic heterocycles. The third kappa shape index (κ3) is 4.72. The fourth-order valence-corrected chi connectivity index (χ4v) is 3.59. The highest BCUT2D eigenvalue weighted by Gasteiger charge is 2.20. The minimum absolute atomic E-state index is 0.0772. The first kappa shape index (κ1) is 20.9. The summed E-state index contributed by atoms with van der Waals surface area (Å²) in [7, 11) is 3.74. The number of piperazine rings is 1. The van der Waals surface area contributed by atoms with Gasteiger partial charge in [-0.25, -0.2) is 13.8 Å². The van der Waals surface area contributed by atoms with Crippen molar-refractivity contribution < 1.29 is 13.6 Å². The van der Waals surface area contributed by atoms with Gasteiger partial charge in [-0.3, -0.25) is 9.48 Å². The minimum atomic E-state index is -0.765.